The van der Waals surface area contributed by atoms with Crippen LogP contribution in [0.5, 0.6) is 0 Å². The lowest BCUT2D eigenvalue weighted by atomic mass is 10.2. The second-order valence-corrected chi connectivity index (χ2v) is 5.01. The van der Waals surface area contributed by atoms with Gasteiger partial charge in [-0.2, -0.15) is 0 Å². The van der Waals surface area contributed by atoms with Gasteiger partial charge in [-0.1, -0.05) is 0 Å². The molecule has 1 fully saturated rings. The summed E-state index contributed by atoms with van der Waals surface area (Å²) in [5.41, 5.74) is 0.421. The third kappa shape index (κ3) is 1.68. The van der Waals surface area contributed by atoms with Crippen LogP contribution in [0, 0.1) is 16.4 Å². The van der Waals surface area contributed by atoms with E-state index in [9.17, 15) is 13.6 Å². The average Bonchev–Trinajstić information content (AvgIpc) is 2.86. The number of H-pyrrole nitrogens is 1. The molecule has 2 heterocycles. The number of nitrogens with zero attached hydrogens (tertiary/aromatic N) is 2. The van der Waals surface area contributed by atoms with Crippen LogP contribution < -0.4 is 0 Å². The van der Waals surface area contributed by atoms with E-state index in [1.165, 1.54) is 10.6 Å². The van der Waals surface area contributed by atoms with Crippen LogP contribution in [0.2, 0.25) is 0 Å². The highest BCUT2D eigenvalue weighted by atomic mass is 32.1. The Morgan fingerprint density at radius 2 is 2.16 bits per heavy atom. The summed E-state index contributed by atoms with van der Waals surface area (Å²) in [7, 11) is 1.68. The summed E-state index contributed by atoms with van der Waals surface area (Å²) < 4.78 is 28.9. The summed E-state index contributed by atoms with van der Waals surface area (Å²) in [5, 5.41) is 0. The van der Waals surface area contributed by atoms with Crippen molar-refractivity contribution < 1.29 is 13.6 Å². The quantitative estimate of drug-likeness (QED) is 0.816. The van der Waals surface area contributed by atoms with Crippen molar-refractivity contribution in [1.82, 2.24) is 14.5 Å². The van der Waals surface area contributed by atoms with Crippen LogP contribution in [0.3, 0.4) is 0 Å². The third-order valence-electron chi connectivity index (χ3n) is 3.48. The Labute approximate surface area is 112 Å². The van der Waals surface area contributed by atoms with E-state index >= 15 is 0 Å². The van der Waals surface area contributed by atoms with Gasteiger partial charge < -0.3 is 14.5 Å². The molecule has 1 aliphatic heterocycles. The molecule has 1 aromatic heterocycles. The van der Waals surface area contributed by atoms with Crippen LogP contribution in [0.1, 0.15) is 12.5 Å². The zero-order chi connectivity index (χ0) is 13.7. The Morgan fingerprint density at radius 3 is 2.79 bits per heavy atom. The smallest absolute Gasteiger partial charge is 0.245 e. The molecule has 0 saturated carbocycles. The van der Waals surface area contributed by atoms with Gasteiger partial charge in [0.2, 0.25) is 5.91 Å². The van der Waals surface area contributed by atoms with Crippen LogP contribution in [-0.4, -0.2) is 34.0 Å². The largest absolute Gasteiger partial charge is 0.344 e. The minimum absolute atomic E-state index is 0.0265. The predicted octanol–water partition coefficient (Wildman–Crippen LogP) is 2.38. The van der Waals surface area contributed by atoms with Crippen LogP contribution in [0.15, 0.2) is 12.1 Å². The van der Waals surface area contributed by atoms with Crippen molar-refractivity contribution in [3.05, 3.63) is 28.5 Å². The predicted molar refractivity (Wildman–Crippen MR) is 68.3 cm³/mol. The van der Waals surface area contributed by atoms with Gasteiger partial charge in [-0.3, -0.25) is 4.79 Å². The molecule has 0 radical (unpaired) electrons. The van der Waals surface area contributed by atoms with Gasteiger partial charge >= 0.3 is 0 Å². The normalized spacial score (nSPS) is 19.6. The fraction of sp³-hybridized carbons (Fsp3) is 0.333. The molecule has 19 heavy (non-hydrogen) atoms. The maximum atomic E-state index is 14.0. The number of hydrogen-bond acceptors (Lipinski definition) is 2. The Kier molecular flexibility index (Phi) is 2.67. The van der Waals surface area contributed by atoms with Crippen molar-refractivity contribution in [1.29, 1.82) is 0 Å². The number of carbonyl (C=O) groups is 1. The summed E-state index contributed by atoms with van der Waals surface area (Å²) in [4.78, 5) is 16.4. The monoisotopic (exact) mass is 283 g/mol. The summed E-state index contributed by atoms with van der Waals surface area (Å²) in [6.45, 7) is 0.578. The van der Waals surface area contributed by atoms with E-state index in [0.29, 0.717) is 18.5 Å². The maximum Gasteiger partial charge on any atom is 0.245 e. The molecule has 1 unspecified atom stereocenters. The number of aromatic nitrogens is 2. The van der Waals surface area contributed by atoms with Gasteiger partial charge in [-0.25, -0.2) is 8.78 Å². The number of rotatable bonds is 1. The highest BCUT2D eigenvalue weighted by molar-refractivity contribution is 7.71. The van der Waals surface area contributed by atoms with Gasteiger partial charge in [0, 0.05) is 13.6 Å². The molecular weight excluding hydrogens is 272 g/mol. The molecule has 1 saturated heterocycles. The number of fused-ring (bicyclic) bond motifs is 1. The van der Waals surface area contributed by atoms with Gasteiger partial charge in [-0.15, -0.1) is 0 Å². The van der Waals surface area contributed by atoms with Crippen molar-refractivity contribution in [3.63, 3.8) is 0 Å². The first-order chi connectivity index (χ1) is 9.00. The second-order valence-electron chi connectivity index (χ2n) is 4.62. The standard InChI is InChI=1S/C12H11F2N3OS/c1-16-5-4-8(11(16)18)17-10-7(15-12(17)19)3-2-6(13)9(10)14/h2-3,8H,4-5H2,1H3,(H,15,19). The molecule has 1 atom stereocenters. The molecule has 1 aliphatic rings. The lowest BCUT2D eigenvalue weighted by molar-refractivity contribution is -0.129. The number of nitrogens with one attached hydrogen (secondary N) is 1. The van der Waals surface area contributed by atoms with E-state index in [1.807, 2.05) is 0 Å². The molecule has 1 N–H and O–H groups in total. The number of hydrogen-bond donors (Lipinski definition) is 1. The number of aromatic amines is 1. The van der Waals surface area contributed by atoms with Gasteiger partial charge in [0.1, 0.15) is 11.6 Å². The Morgan fingerprint density at radius 1 is 1.42 bits per heavy atom. The number of likely N-dealkylation sites (tertiary alicyclic amines) is 1. The first-order valence-electron chi connectivity index (χ1n) is 5.84. The molecule has 1 aromatic carbocycles. The fourth-order valence-electron chi connectivity index (χ4n) is 2.49. The van der Waals surface area contributed by atoms with Crippen LogP contribution in [0.4, 0.5) is 8.78 Å². The van der Waals surface area contributed by atoms with E-state index < -0.39 is 17.7 Å². The summed E-state index contributed by atoms with van der Waals surface area (Å²) in [5.74, 6) is -2.07. The molecule has 7 heteroatoms. The Balaban J connectivity index is 2.29. The maximum absolute atomic E-state index is 14.0. The van der Waals surface area contributed by atoms with Crippen LogP contribution >= 0.6 is 12.2 Å². The van der Waals surface area contributed by atoms with Gasteiger partial charge in [-0.05, 0) is 30.8 Å². The SMILES string of the molecule is CN1CCC(n2c(=S)[nH]c3ccc(F)c(F)c32)C1=O. The highest BCUT2D eigenvalue weighted by Gasteiger charge is 2.33. The summed E-state index contributed by atoms with van der Waals surface area (Å²) in [6, 6.07) is 1.89. The van der Waals surface area contributed by atoms with Crippen molar-refractivity contribution in [2.24, 2.45) is 0 Å². The number of amides is 1. The zero-order valence-corrected chi connectivity index (χ0v) is 10.9. The van der Waals surface area contributed by atoms with Crippen molar-refractivity contribution in [3.8, 4) is 0 Å². The molecule has 0 spiro atoms. The molecule has 3 rings (SSSR count). The minimum atomic E-state index is -0.979. The summed E-state index contributed by atoms with van der Waals surface area (Å²) in [6.07, 6.45) is 0.534. The van der Waals surface area contributed by atoms with Crippen molar-refractivity contribution >= 4 is 29.2 Å². The summed E-state index contributed by atoms with van der Waals surface area (Å²) >= 11 is 5.13. The number of imidazole rings is 1. The van der Waals surface area contributed by atoms with E-state index in [0.717, 1.165) is 6.07 Å². The lowest BCUT2D eigenvalue weighted by Crippen LogP contribution is -2.24. The lowest BCUT2D eigenvalue weighted by Gasteiger charge is -2.13. The number of likely N-dealkylation sites (N-methyl/N-ethyl adjacent to an activating group) is 1. The molecule has 100 valence electrons. The van der Waals surface area contributed by atoms with E-state index in [2.05, 4.69) is 4.98 Å². The minimum Gasteiger partial charge on any atom is -0.344 e. The van der Waals surface area contributed by atoms with E-state index in [4.69, 9.17) is 12.2 Å². The Hall–Kier alpha value is -1.76. The van der Waals surface area contributed by atoms with Gasteiger partial charge in [0.15, 0.2) is 16.4 Å². The fourth-order valence-corrected chi connectivity index (χ4v) is 2.82. The van der Waals surface area contributed by atoms with Gasteiger partial charge in [0.25, 0.3) is 0 Å². The Bertz CT molecular complexity index is 736. The molecule has 4 nitrogen and oxygen atoms in total. The number of halogens is 2. The van der Waals surface area contributed by atoms with E-state index in [1.54, 1.807) is 11.9 Å². The molecule has 2 aromatic rings. The first kappa shape index (κ1) is 12.3. The second kappa shape index (κ2) is 4.12. The van der Waals surface area contributed by atoms with E-state index in [-0.39, 0.29) is 16.2 Å². The topological polar surface area (TPSA) is 41.0 Å². The molecular formula is C12H11F2N3OS. The van der Waals surface area contributed by atoms with Crippen LogP contribution in [-0.2, 0) is 4.79 Å². The molecule has 0 aliphatic carbocycles. The zero-order valence-electron chi connectivity index (χ0n) is 10.1. The molecule has 0 bridgehead atoms. The van der Waals surface area contributed by atoms with Crippen molar-refractivity contribution in [2.75, 3.05) is 13.6 Å². The number of carbonyl (C=O) groups excluding carboxylic acids is 1. The third-order valence-corrected chi connectivity index (χ3v) is 3.78. The highest BCUT2D eigenvalue weighted by Crippen LogP contribution is 2.29. The van der Waals surface area contributed by atoms with Gasteiger partial charge in [0.05, 0.1) is 5.52 Å². The molecule has 1 amide bonds. The van der Waals surface area contributed by atoms with Crippen molar-refractivity contribution in [2.45, 2.75) is 12.5 Å². The van der Waals surface area contributed by atoms with Crippen LogP contribution in [0.25, 0.3) is 11.0 Å². The number of benzene rings is 1. The first-order valence-corrected chi connectivity index (χ1v) is 6.24. The average molecular weight is 283 g/mol.